The van der Waals surface area contributed by atoms with Crippen LogP contribution in [0.1, 0.15) is 24.0 Å². The zero-order chi connectivity index (χ0) is 11.9. The highest BCUT2D eigenvalue weighted by atomic mass is 16.2. The molecule has 1 aromatic rings. The molecule has 0 bridgehead atoms. The largest absolute Gasteiger partial charge is 0.351 e. The van der Waals surface area contributed by atoms with Crippen LogP contribution >= 0.6 is 0 Å². The maximum atomic E-state index is 11.1. The molecule has 90 valence electrons. The molecule has 0 atom stereocenters. The van der Waals surface area contributed by atoms with Gasteiger partial charge < -0.3 is 16.0 Å². The summed E-state index contributed by atoms with van der Waals surface area (Å²) in [4.78, 5) is 12.9. The Hall–Kier alpha value is -1.55. The summed E-state index contributed by atoms with van der Waals surface area (Å²) in [6, 6.07) is 8.25. The van der Waals surface area contributed by atoms with Crippen molar-refractivity contribution in [2.75, 3.05) is 13.1 Å². The van der Waals surface area contributed by atoms with Gasteiger partial charge >= 0.3 is 6.03 Å². The van der Waals surface area contributed by atoms with Gasteiger partial charge in [-0.3, -0.25) is 0 Å². The Labute approximate surface area is 101 Å². The van der Waals surface area contributed by atoms with E-state index < -0.39 is 0 Å². The number of nitrogens with zero attached hydrogens (tertiary/aromatic N) is 1. The van der Waals surface area contributed by atoms with Gasteiger partial charge in [0.25, 0.3) is 0 Å². The number of nitrogens with one attached hydrogen (secondary N) is 1. The van der Waals surface area contributed by atoms with Gasteiger partial charge in [0.2, 0.25) is 0 Å². The molecule has 1 fully saturated rings. The van der Waals surface area contributed by atoms with Crippen LogP contribution in [-0.4, -0.2) is 24.0 Å². The lowest BCUT2D eigenvalue weighted by Crippen LogP contribution is -2.50. The quantitative estimate of drug-likeness (QED) is 0.704. The lowest BCUT2D eigenvalue weighted by molar-refractivity contribution is 0.152. The molecule has 3 N–H and O–H groups in total. The number of rotatable bonds is 0. The molecule has 2 amide bonds. The van der Waals surface area contributed by atoms with Crippen LogP contribution in [0.2, 0.25) is 0 Å². The number of benzene rings is 1. The van der Waals surface area contributed by atoms with E-state index in [0.29, 0.717) is 0 Å². The molecule has 0 unspecified atom stereocenters. The minimum atomic E-state index is -0.300. The Morgan fingerprint density at radius 3 is 2.71 bits per heavy atom. The van der Waals surface area contributed by atoms with Gasteiger partial charge in [-0.15, -0.1) is 0 Å². The second kappa shape index (κ2) is 3.74. The molecule has 0 aromatic heterocycles. The normalized spacial score (nSPS) is 21.5. The van der Waals surface area contributed by atoms with Gasteiger partial charge in [-0.1, -0.05) is 24.3 Å². The van der Waals surface area contributed by atoms with E-state index in [1.165, 1.54) is 11.1 Å². The van der Waals surface area contributed by atoms with Gasteiger partial charge in [0.1, 0.15) is 0 Å². The lowest BCUT2D eigenvalue weighted by Gasteiger charge is -2.39. The van der Waals surface area contributed by atoms with Gasteiger partial charge in [0, 0.05) is 25.2 Å². The molecular weight excluding hydrogens is 214 g/mol. The third-order valence-corrected chi connectivity index (χ3v) is 4.08. The van der Waals surface area contributed by atoms with E-state index in [-0.39, 0.29) is 11.6 Å². The number of urea groups is 1. The SMILES string of the molecule is NC(=O)N1CCC2(CC1)NCc1ccccc12. The molecule has 0 aliphatic carbocycles. The lowest BCUT2D eigenvalue weighted by atomic mass is 9.82. The average molecular weight is 231 g/mol. The molecule has 17 heavy (non-hydrogen) atoms. The number of piperidine rings is 1. The van der Waals surface area contributed by atoms with Crippen LogP contribution in [0, 0.1) is 0 Å². The van der Waals surface area contributed by atoms with Gasteiger partial charge in [0.15, 0.2) is 0 Å². The molecule has 0 radical (unpaired) electrons. The summed E-state index contributed by atoms with van der Waals surface area (Å²) in [6.07, 6.45) is 1.90. The number of hydrogen-bond acceptors (Lipinski definition) is 2. The third kappa shape index (κ3) is 1.60. The minimum absolute atomic E-state index is 0.0720. The van der Waals surface area contributed by atoms with Crippen LogP contribution in [0.15, 0.2) is 24.3 Å². The van der Waals surface area contributed by atoms with Crippen LogP contribution in [0.5, 0.6) is 0 Å². The fraction of sp³-hybridized carbons (Fsp3) is 0.462. The minimum Gasteiger partial charge on any atom is -0.351 e. The van der Waals surface area contributed by atoms with E-state index in [9.17, 15) is 4.79 Å². The number of nitrogens with two attached hydrogens (primary N) is 1. The van der Waals surface area contributed by atoms with Gasteiger partial charge in [-0.25, -0.2) is 4.79 Å². The first-order valence-electron chi connectivity index (χ1n) is 6.09. The second-order valence-electron chi connectivity index (χ2n) is 4.92. The standard InChI is InChI=1S/C13H17N3O/c14-12(17)16-7-5-13(6-8-16)11-4-2-1-3-10(11)9-15-13/h1-4,15H,5-9H2,(H2,14,17). The Morgan fingerprint density at radius 2 is 2.00 bits per heavy atom. The molecular formula is C13H17N3O. The van der Waals surface area contributed by atoms with Crippen LogP contribution in [-0.2, 0) is 12.1 Å². The molecule has 1 aromatic carbocycles. The highest BCUT2D eigenvalue weighted by molar-refractivity contribution is 5.72. The maximum absolute atomic E-state index is 11.1. The molecule has 4 nitrogen and oxygen atoms in total. The van der Waals surface area contributed by atoms with Crippen molar-refractivity contribution in [1.29, 1.82) is 0 Å². The summed E-state index contributed by atoms with van der Waals surface area (Å²) in [5.41, 5.74) is 8.18. The summed E-state index contributed by atoms with van der Waals surface area (Å²) in [6.45, 7) is 2.43. The van der Waals surface area contributed by atoms with Crippen LogP contribution in [0.3, 0.4) is 0 Å². The number of amides is 2. The first-order valence-corrected chi connectivity index (χ1v) is 6.09. The summed E-state index contributed by atoms with van der Waals surface area (Å²) < 4.78 is 0. The van der Waals surface area contributed by atoms with Crippen LogP contribution in [0.4, 0.5) is 4.79 Å². The van der Waals surface area contributed by atoms with Gasteiger partial charge in [-0.2, -0.15) is 0 Å². The van der Waals surface area contributed by atoms with E-state index in [1.54, 1.807) is 4.90 Å². The van der Waals surface area contributed by atoms with Crippen molar-refractivity contribution in [2.24, 2.45) is 5.73 Å². The fourth-order valence-corrected chi connectivity index (χ4v) is 3.06. The zero-order valence-electron chi connectivity index (χ0n) is 9.78. The number of likely N-dealkylation sites (tertiary alicyclic amines) is 1. The molecule has 1 saturated heterocycles. The van der Waals surface area contributed by atoms with Crippen molar-refractivity contribution in [3.05, 3.63) is 35.4 Å². The van der Waals surface area contributed by atoms with Crippen LogP contribution in [0.25, 0.3) is 0 Å². The maximum Gasteiger partial charge on any atom is 0.314 e. The topological polar surface area (TPSA) is 58.4 Å². The molecule has 2 aliphatic rings. The first-order chi connectivity index (χ1) is 8.21. The molecule has 0 saturated carbocycles. The Kier molecular flexibility index (Phi) is 2.33. The summed E-state index contributed by atoms with van der Waals surface area (Å²) in [5, 5.41) is 3.62. The van der Waals surface area contributed by atoms with Crippen LogP contribution < -0.4 is 11.1 Å². The zero-order valence-corrected chi connectivity index (χ0v) is 9.78. The van der Waals surface area contributed by atoms with E-state index in [0.717, 1.165) is 32.5 Å². The molecule has 3 rings (SSSR count). The molecule has 2 heterocycles. The summed E-state index contributed by atoms with van der Waals surface area (Å²) in [7, 11) is 0. The Morgan fingerprint density at radius 1 is 1.29 bits per heavy atom. The predicted octanol–water partition coefficient (Wildman–Crippen LogP) is 1.16. The average Bonchev–Trinajstić information content (AvgIpc) is 2.70. The van der Waals surface area contributed by atoms with E-state index in [1.807, 2.05) is 0 Å². The number of primary amides is 1. The Balaban J connectivity index is 1.85. The van der Waals surface area contributed by atoms with E-state index in [2.05, 4.69) is 29.6 Å². The second-order valence-corrected chi connectivity index (χ2v) is 4.92. The molecule has 4 heteroatoms. The highest BCUT2D eigenvalue weighted by Gasteiger charge is 2.41. The van der Waals surface area contributed by atoms with Crippen molar-refractivity contribution < 1.29 is 4.79 Å². The van der Waals surface area contributed by atoms with Gasteiger partial charge in [0.05, 0.1) is 0 Å². The fourth-order valence-electron chi connectivity index (χ4n) is 3.06. The molecule has 2 aliphatic heterocycles. The Bertz CT molecular complexity index is 450. The van der Waals surface area contributed by atoms with E-state index >= 15 is 0 Å². The first kappa shape index (κ1) is 10.6. The number of carbonyl (C=O) groups excluding carboxylic acids is 1. The third-order valence-electron chi connectivity index (χ3n) is 4.08. The summed E-state index contributed by atoms with van der Waals surface area (Å²) in [5.74, 6) is 0. The van der Waals surface area contributed by atoms with Crippen molar-refractivity contribution in [3.8, 4) is 0 Å². The predicted molar refractivity (Wildman–Crippen MR) is 65.4 cm³/mol. The van der Waals surface area contributed by atoms with Gasteiger partial charge in [-0.05, 0) is 24.0 Å². The van der Waals surface area contributed by atoms with Crippen molar-refractivity contribution in [1.82, 2.24) is 10.2 Å². The number of fused-ring (bicyclic) bond motifs is 2. The van der Waals surface area contributed by atoms with E-state index in [4.69, 9.17) is 5.73 Å². The monoisotopic (exact) mass is 231 g/mol. The molecule has 1 spiro atoms. The van der Waals surface area contributed by atoms with Crippen molar-refractivity contribution in [3.63, 3.8) is 0 Å². The van der Waals surface area contributed by atoms with Crippen molar-refractivity contribution >= 4 is 6.03 Å². The smallest absolute Gasteiger partial charge is 0.314 e. The highest BCUT2D eigenvalue weighted by Crippen LogP contribution is 2.39. The summed E-state index contributed by atoms with van der Waals surface area (Å²) >= 11 is 0. The number of hydrogen-bond donors (Lipinski definition) is 2. The number of carbonyl (C=O) groups is 1. The van der Waals surface area contributed by atoms with Crippen molar-refractivity contribution in [2.45, 2.75) is 24.9 Å².